The van der Waals surface area contributed by atoms with Gasteiger partial charge in [-0.2, -0.15) is 0 Å². The van der Waals surface area contributed by atoms with Crippen molar-refractivity contribution in [2.75, 3.05) is 21.5 Å². The molecule has 0 aliphatic carbocycles. The normalized spacial score (nSPS) is 13.8. The summed E-state index contributed by atoms with van der Waals surface area (Å²) in [5, 5.41) is 2.83. The Morgan fingerprint density at radius 1 is 0.939 bits per heavy atom. The van der Waals surface area contributed by atoms with E-state index in [1.165, 1.54) is 0 Å². The van der Waals surface area contributed by atoms with Gasteiger partial charge in [0.25, 0.3) is 15.9 Å². The highest BCUT2D eigenvalue weighted by molar-refractivity contribution is 7.92. The maximum absolute atomic E-state index is 12.7. The van der Waals surface area contributed by atoms with E-state index in [1.54, 1.807) is 66.4 Å². The number of carbonyl (C=O) groups excluding carboxylic acids is 2. The molecule has 1 aliphatic rings. The Bertz CT molecular complexity index is 1300. The fraction of sp³-hybridized carbons (Fsp3) is 0.200. The number of hydrogen-bond acceptors (Lipinski definition) is 4. The van der Waals surface area contributed by atoms with Crippen molar-refractivity contribution in [2.45, 2.75) is 31.6 Å². The molecule has 2 amide bonds. The summed E-state index contributed by atoms with van der Waals surface area (Å²) in [6, 6.07) is 18.5. The summed E-state index contributed by atoms with van der Waals surface area (Å²) in [7, 11) is -3.73. The van der Waals surface area contributed by atoms with Crippen molar-refractivity contribution in [1.82, 2.24) is 0 Å². The Kier molecular flexibility index (Phi) is 6.20. The number of aryl methyl sites for hydroxylation is 2. The van der Waals surface area contributed by atoms with Crippen LogP contribution in [0, 0.1) is 13.8 Å². The first-order valence-electron chi connectivity index (χ1n) is 10.6. The standard InChI is InChI=1S/C25H25N3O4S/c1-17-5-12-22(13-6-17)33(31,32)27-23-14-7-19(16-18(23)2)25(30)26-20-8-10-21(11-9-20)28-15-3-4-24(28)29/h5-14,16,27H,3-4,15H2,1-2H3,(H,26,30). The molecule has 0 bridgehead atoms. The van der Waals surface area contributed by atoms with E-state index < -0.39 is 10.0 Å². The number of anilines is 3. The number of nitrogens with one attached hydrogen (secondary N) is 2. The molecule has 4 rings (SSSR count). The third kappa shape index (κ3) is 5.06. The molecule has 0 radical (unpaired) electrons. The van der Waals surface area contributed by atoms with Gasteiger partial charge in [-0.3, -0.25) is 14.3 Å². The Morgan fingerprint density at radius 3 is 2.24 bits per heavy atom. The lowest BCUT2D eigenvalue weighted by Gasteiger charge is -2.16. The maximum Gasteiger partial charge on any atom is 0.261 e. The van der Waals surface area contributed by atoms with E-state index in [-0.39, 0.29) is 16.7 Å². The first-order chi connectivity index (χ1) is 15.7. The van der Waals surface area contributed by atoms with Crippen LogP contribution in [0.1, 0.15) is 34.3 Å². The second-order valence-corrected chi connectivity index (χ2v) is 9.78. The average Bonchev–Trinajstić information content (AvgIpc) is 3.21. The first kappa shape index (κ1) is 22.5. The van der Waals surface area contributed by atoms with Crippen LogP contribution in [-0.2, 0) is 14.8 Å². The monoisotopic (exact) mass is 463 g/mol. The summed E-state index contributed by atoms with van der Waals surface area (Å²) in [5.41, 5.74) is 3.84. The van der Waals surface area contributed by atoms with Crippen LogP contribution in [0.2, 0.25) is 0 Å². The lowest BCUT2D eigenvalue weighted by atomic mass is 10.1. The maximum atomic E-state index is 12.7. The van der Waals surface area contributed by atoms with Crippen LogP contribution in [-0.4, -0.2) is 26.8 Å². The van der Waals surface area contributed by atoms with Crippen molar-refractivity contribution in [3.05, 3.63) is 83.4 Å². The van der Waals surface area contributed by atoms with Crippen LogP contribution in [0.25, 0.3) is 0 Å². The Morgan fingerprint density at radius 2 is 1.64 bits per heavy atom. The highest BCUT2D eigenvalue weighted by Crippen LogP contribution is 2.24. The zero-order valence-corrected chi connectivity index (χ0v) is 19.3. The Balaban J connectivity index is 1.44. The second-order valence-electron chi connectivity index (χ2n) is 8.10. The molecule has 170 valence electrons. The molecule has 3 aromatic carbocycles. The third-order valence-electron chi connectivity index (χ3n) is 5.57. The summed E-state index contributed by atoms with van der Waals surface area (Å²) in [5.74, 6) is -0.198. The van der Waals surface area contributed by atoms with Crippen LogP contribution < -0.4 is 14.9 Å². The SMILES string of the molecule is Cc1ccc(S(=O)(=O)Nc2ccc(C(=O)Nc3ccc(N4CCCC4=O)cc3)cc2C)cc1. The molecule has 1 saturated heterocycles. The van der Waals surface area contributed by atoms with Crippen LogP contribution in [0.3, 0.4) is 0 Å². The number of rotatable bonds is 6. The minimum absolute atomic E-state index is 0.111. The fourth-order valence-corrected chi connectivity index (χ4v) is 4.82. The van der Waals surface area contributed by atoms with Gasteiger partial charge in [-0.15, -0.1) is 0 Å². The third-order valence-corrected chi connectivity index (χ3v) is 6.96. The van der Waals surface area contributed by atoms with Gasteiger partial charge < -0.3 is 10.2 Å². The van der Waals surface area contributed by atoms with Gasteiger partial charge in [0.2, 0.25) is 5.91 Å². The molecule has 8 heteroatoms. The van der Waals surface area contributed by atoms with Crippen molar-refractivity contribution < 1.29 is 18.0 Å². The van der Waals surface area contributed by atoms with Gasteiger partial charge in [-0.1, -0.05) is 17.7 Å². The molecule has 2 N–H and O–H groups in total. The first-order valence-corrected chi connectivity index (χ1v) is 12.1. The average molecular weight is 464 g/mol. The number of benzene rings is 3. The Labute approximate surface area is 193 Å². The smallest absolute Gasteiger partial charge is 0.261 e. The van der Waals surface area contributed by atoms with Gasteiger partial charge in [0, 0.05) is 29.9 Å². The number of carbonyl (C=O) groups is 2. The number of nitrogens with zero attached hydrogens (tertiary/aromatic N) is 1. The predicted octanol–water partition coefficient (Wildman–Crippen LogP) is 4.48. The molecule has 0 aromatic heterocycles. The van der Waals surface area contributed by atoms with E-state index in [1.807, 2.05) is 19.1 Å². The molecule has 1 heterocycles. The molecule has 0 saturated carbocycles. The summed E-state index contributed by atoms with van der Waals surface area (Å²) < 4.78 is 27.9. The van der Waals surface area contributed by atoms with Crippen LogP contribution >= 0.6 is 0 Å². The predicted molar refractivity (Wildman–Crippen MR) is 129 cm³/mol. The second kappa shape index (κ2) is 9.07. The number of sulfonamides is 1. The molecule has 0 atom stereocenters. The van der Waals surface area contributed by atoms with E-state index in [0.29, 0.717) is 35.5 Å². The lowest BCUT2D eigenvalue weighted by molar-refractivity contribution is -0.117. The van der Waals surface area contributed by atoms with Crippen LogP contribution in [0.4, 0.5) is 17.1 Å². The zero-order chi connectivity index (χ0) is 23.6. The largest absolute Gasteiger partial charge is 0.322 e. The molecule has 33 heavy (non-hydrogen) atoms. The summed E-state index contributed by atoms with van der Waals surface area (Å²) in [6.07, 6.45) is 1.42. The fourth-order valence-electron chi connectivity index (χ4n) is 3.69. The van der Waals surface area contributed by atoms with Gasteiger partial charge in [0.1, 0.15) is 0 Å². The highest BCUT2D eigenvalue weighted by atomic mass is 32.2. The zero-order valence-electron chi connectivity index (χ0n) is 18.5. The topological polar surface area (TPSA) is 95.6 Å². The molecule has 7 nitrogen and oxygen atoms in total. The molecule has 0 unspecified atom stereocenters. The molecule has 3 aromatic rings. The minimum Gasteiger partial charge on any atom is -0.322 e. The van der Waals surface area contributed by atoms with Crippen molar-refractivity contribution in [2.24, 2.45) is 0 Å². The molecule has 1 aliphatic heterocycles. The molecular weight excluding hydrogens is 438 g/mol. The van der Waals surface area contributed by atoms with Gasteiger partial charge >= 0.3 is 0 Å². The van der Waals surface area contributed by atoms with Crippen LogP contribution in [0.15, 0.2) is 71.6 Å². The van der Waals surface area contributed by atoms with Gasteiger partial charge in [-0.05, 0) is 80.4 Å². The summed E-state index contributed by atoms with van der Waals surface area (Å²) >= 11 is 0. The molecular formula is C25H25N3O4S. The Hall–Kier alpha value is -3.65. The lowest BCUT2D eigenvalue weighted by Crippen LogP contribution is -2.23. The van der Waals surface area contributed by atoms with Crippen LogP contribution in [0.5, 0.6) is 0 Å². The quantitative estimate of drug-likeness (QED) is 0.563. The van der Waals surface area contributed by atoms with Gasteiger partial charge in [0.15, 0.2) is 0 Å². The van der Waals surface area contributed by atoms with Gasteiger partial charge in [-0.25, -0.2) is 8.42 Å². The number of hydrogen-bond donors (Lipinski definition) is 2. The summed E-state index contributed by atoms with van der Waals surface area (Å²) in [6.45, 7) is 4.34. The van der Waals surface area contributed by atoms with Gasteiger partial charge in [0.05, 0.1) is 10.6 Å². The van der Waals surface area contributed by atoms with E-state index in [4.69, 9.17) is 0 Å². The van der Waals surface area contributed by atoms with Crippen molar-refractivity contribution in [3.63, 3.8) is 0 Å². The van der Waals surface area contributed by atoms with E-state index in [9.17, 15) is 18.0 Å². The molecule has 1 fully saturated rings. The van der Waals surface area contributed by atoms with Crippen molar-refractivity contribution in [3.8, 4) is 0 Å². The van der Waals surface area contributed by atoms with E-state index >= 15 is 0 Å². The highest BCUT2D eigenvalue weighted by Gasteiger charge is 2.21. The minimum atomic E-state index is -3.73. The van der Waals surface area contributed by atoms with Crippen molar-refractivity contribution >= 4 is 38.9 Å². The van der Waals surface area contributed by atoms with Crippen molar-refractivity contribution in [1.29, 1.82) is 0 Å². The van der Waals surface area contributed by atoms with E-state index in [2.05, 4.69) is 10.0 Å². The van der Waals surface area contributed by atoms with E-state index in [0.717, 1.165) is 17.7 Å². The number of amides is 2. The summed E-state index contributed by atoms with van der Waals surface area (Å²) in [4.78, 5) is 26.5. The molecule has 0 spiro atoms.